The minimum atomic E-state index is 0.864. The highest BCUT2D eigenvalue weighted by molar-refractivity contribution is 9.10. The van der Waals surface area contributed by atoms with Crippen molar-refractivity contribution in [3.05, 3.63) is 28.5 Å². The zero-order chi connectivity index (χ0) is 9.52. The standard InChI is InChI=1S/C10H11BrN2/c1-12-5-3-2-4-9-6-10(11)8-13-7-9/h6-8,12H,3,5H2,1H3. The summed E-state index contributed by atoms with van der Waals surface area (Å²) in [6.45, 7) is 0.925. The van der Waals surface area contributed by atoms with Gasteiger partial charge in [0.25, 0.3) is 0 Å². The van der Waals surface area contributed by atoms with E-state index in [2.05, 4.69) is 38.1 Å². The number of aromatic nitrogens is 1. The second-order valence-corrected chi connectivity index (χ2v) is 3.46. The molecule has 0 aliphatic carbocycles. The van der Waals surface area contributed by atoms with E-state index in [9.17, 15) is 0 Å². The van der Waals surface area contributed by atoms with Gasteiger partial charge in [0.2, 0.25) is 0 Å². The van der Waals surface area contributed by atoms with Gasteiger partial charge >= 0.3 is 0 Å². The normalized spacial score (nSPS) is 9.08. The molecule has 1 N–H and O–H groups in total. The van der Waals surface area contributed by atoms with Crippen molar-refractivity contribution in [2.24, 2.45) is 0 Å². The Balaban J connectivity index is 2.56. The van der Waals surface area contributed by atoms with Gasteiger partial charge in [0, 0.05) is 35.4 Å². The summed E-state index contributed by atoms with van der Waals surface area (Å²) in [5.74, 6) is 6.09. The summed E-state index contributed by atoms with van der Waals surface area (Å²) in [7, 11) is 1.92. The van der Waals surface area contributed by atoms with Gasteiger partial charge in [0.1, 0.15) is 0 Å². The van der Waals surface area contributed by atoms with Crippen molar-refractivity contribution >= 4 is 15.9 Å². The van der Waals surface area contributed by atoms with Crippen LogP contribution in [0.3, 0.4) is 0 Å². The fourth-order valence-corrected chi connectivity index (χ4v) is 1.20. The topological polar surface area (TPSA) is 24.9 Å². The van der Waals surface area contributed by atoms with Crippen LogP contribution in [0.5, 0.6) is 0 Å². The lowest BCUT2D eigenvalue weighted by atomic mass is 10.3. The summed E-state index contributed by atoms with van der Waals surface area (Å²) in [6.07, 6.45) is 4.37. The first-order chi connectivity index (χ1) is 6.33. The number of rotatable bonds is 2. The monoisotopic (exact) mass is 238 g/mol. The van der Waals surface area contributed by atoms with Crippen LogP contribution in [0.25, 0.3) is 0 Å². The van der Waals surface area contributed by atoms with Crippen molar-refractivity contribution < 1.29 is 0 Å². The van der Waals surface area contributed by atoms with Crippen LogP contribution >= 0.6 is 15.9 Å². The number of nitrogens with one attached hydrogen (secondary N) is 1. The number of nitrogens with zero attached hydrogens (tertiary/aromatic N) is 1. The van der Waals surface area contributed by atoms with Crippen molar-refractivity contribution in [1.82, 2.24) is 10.3 Å². The van der Waals surface area contributed by atoms with Crippen molar-refractivity contribution in [3.8, 4) is 11.8 Å². The van der Waals surface area contributed by atoms with E-state index in [0.29, 0.717) is 0 Å². The predicted octanol–water partition coefficient (Wildman–Crippen LogP) is 1.81. The molecule has 0 amide bonds. The number of halogens is 1. The molecule has 1 heterocycles. The smallest absolute Gasteiger partial charge is 0.0439 e. The highest BCUT2D eigenvalue weighted by atomic mass is 79.9. The Kier molecular flexibility index (Phi) is 4.52. The quantitative estimate of drug-likeness (QED) is 0.628. The van der Waals surface area contributed by atoms with E-state index in [1.165, 1.54) is 0 Å². The zero-order valence-corrected chi connectivity index (χ0v) is 9.06. The lowest BCUT2D eigenvalue weighted by Crippen LogP contribution is -2.05. The van der Waals surface area contributed by atoms with Gasteiger partial charge in [-0.1, -0.05) is 11.8 Å². The summed E-state index contributed by atoms with van der Waals surface area (Å²) in [6, 6.07) is 1.96. The maximum Gasteiger partial charge on any atom is 0.0439 e. The Morgan fingerprint density at radius 1 is 1.54 bits per heavy atom. The first-order valence-corrected chi connectivity index (χ1v) is 4.86. The van der Waals surface area contributed by atoms with Gasteiger partial charge in [0.15, 0.2) is 0 Å². The van der Waals surface area contributed by atoms with E-state index in [-0.39, 0.29) is 0 Å². The van der Waals surface area contributed by atoms with Crippen molar-refractivity contribution in [2.75, 3.05) is 13.6 Å². The molecule has 0 aliphatic heterocycles. The molecule has 0 spiro atoms. The van der Waals surface area contributed by atoms with Gasteiger partial charge in [-0.25, -0.2) is 0 Å². The largest absolute Gasteiger partial charge is 0.319 e. The molecule has 0 aliphatic rings. The number of pyridine rings is 1. The number of hydrogen-bond donors (Lipinski definition) is 1. The molecule has 0 bridgehead atoms. The van der Waals surface area contributed by atoms with E-state index in [0.717, 1.165) is 23.0 Å². The molecule has 68 valence electrons. The van der Waals surface area contributed by atoms with Gasteiger partial charge in [-0.15, -0.1) is 0 Å². The average molecular weight is 239 g/mol. The molecule has 0 fully saturated rings. The van der Waals surface area contributed by atoms with Crippen molar-refractivity contribution in [1.29, 1.82) is 0 Å². The molecule has 3 heteroatoms. The molecule has 0 aromatic carbocycles. The first kappa shape index (κ1) is 10.2. The average Bonchev–Trinajstić information content (AvgIpc) is 2.13. The van der Waals surface area contributed by atoms with Crippen LogP contribution in [0, 0.1) is 11.8 Å². The molecule has 0 saturated carbocycles. The Labute approximate surface area is 86.9 Å². The third-order valence-electron chi connectivity index (χ3n) is 1.44. The van der Waals surface area contributed by atoms with Crippen LogP contribution in [0.4, 0.5) is 0 Å². The molecule has 13 heavy (non-hydrogen) atoms. The predicted molar refractivity (Wildman–Crippen MR) is 57.4 cm³/mol. The third-order valence-corrected chi connectivity index (χ3v) is 1.87. The third kappa shape index (κ3) is 4.07. The second kappa shape index (κ2) is 5.74. The van der Waals surface area contributed by atoms with Gasteiger partial charge in [-0.3, -0.25) is 4.98 Å². The van der Waals surface area contributed by atoms with E-state index >= 15 is 0 Å². The van der Waals surface area contributed by atoms with Gasteiger partial charge in [-0.2, -0.15) is 0 Å². The lowest BCUT2D eigenvalue weighted by molar-refractivity contribution is 0.818. The van der Waals surface area contributed by atoms with E-state index in [4.69, 9.17) is 0 Å². The van der Waals surface area contributed by atoms with E-state index in [1.807, 2.05) is 13.1 Å². The van der Waals surface area contributed by atoms with Gasteiger partial charge < -0.3 is 5.32 Å². The molecule has 2 nitrogen and oxygen atoms in total. The molecule has 0 saturated heterocycles. The number of hydrogen-bond acceptors (Lipinski definition) is 2. The van der Waals surface area contributed by atoms with E-state index in [1.54, 1.807) is 12.4 Å². The lowest BCUT2D eigenvalue weighted by Gasteiger charge is -1.90. The maximum absolute atomic E-state index is 4.02. The fraction of sp³-hybridized carbons (Fsp3) is 0.300. The molecule has 0 unspecified atom stereocenters. The van der Waals surface area contributed by atoms with E-state index < -0.39 is 0 Å². The summed E-state index contributed by atoms with van der Waals surface area (Å²) in [5, 5.41) is 3.04. The van der Waals surface area contributed by atoms with Crippen LogP contribution in [0.1, 0.15) is 12.0 Å². The first-order valence-electron chi connectivity index (χ1n) is 4.07. The van der Waals surface area contributed by atoms with Crippen molar-refractivity contribution in [2.45, 2.75) is 6.42 Å². The van der Waals surface area contributed by atoms with Crippen LogP contribution in [-0.2, 0) is 0 Å². The molecule has 1 aromatic heterocycles. The Bertz CT molecular complexity index is 325. The van der Waals surface area contributed by atoms with Gasteiger partial charge in [-0.05, 0) is 29.0 Å². The fourth-order valence-electron chi connectivity index (χ4n) is 0.832. The molecule has 0 radical (unpaired) electrons. The molecular formula is C10H11BrN2. The highest BCUT2D eigenvalue weighted by Gasteiger charge is 1.88. The SMILES string of the molecule is CNCCC#Cc1cncc(Br)c1. The van der Waals surface area contributed by atoms with Crippen LogP contribution in [0.15, 0.2) is 22.9 Å². The summed E-state index contributed by atoms with van der Waals surface area (Å²) in [5.41, 5.74) is 0.950. The van der Waals surface area contributed by atoms with Crippen molar-refractivity contribution in [3.63, 3.8) is 0 Å². The summed E-state index contributed by atoms with van der Waals surface area (Å²) >= 11 is 3.34. The second-order valence-electron chi connectivity index (χ2n) is 2.55. The van der Waals surface area contributed by atoms with Gasteiger partial charge in [0.05, 0.1) is 0 Å². The van der Waals surface area contributed by atoms with Crippen LogP contribution in [0.2, 0.25) is 0 Å². The molecule has 1 aromatic rings. The summed E-state index contributed by atoms with van der Waals surface area (Å²) < 4.78 is 0.966. The molecular weight excluding hydrogens is 228 g/mol. The minimum Gasteiger partial charge on any atom is -0.319 e. The Hall–Kier alpha value is -0.850. The Morgan fingerprint density at radius 3 is 3.08 bits per heavy atom. The highest BCUT2D eigenvalue weighted by Crippen LogP contribution is 2.08. The molecule has 0 atom stereocenters. The molecule has 1 rings (SSSR count). The Morgan fingerprint density at radius 2 is 2.38 bits per heavy atom. The minimum absolute atomic E-state index is 0.864. The maximum atomic E-state index is 4.02. The zero-order valence-electron chi connectivity index (χ0n) is 7.47. The summed E-state index contributed by atoms with van der Waals surface area (Å²) in [4.78, 5) is 4.02. The van der Waals surface area contributed by atoms with Crippen LogP contribution < -0.4 is 5.32 Å². The van der Waals surface area contributed by atoms with Crippen LogP contribution in [-0.4, -0.2) is 18.6 Å².